The van der Waals surface area contributed by atoms with E-state index in [4.69, 9.17) is 14.5 Å². The van der Waals surface area contributed by atoms with E-state index in [0.29, 0.717) is 17.4 Å². The monoisotopic (exact) mass is 472 g/mol. The largest absolute Gasteiger partial charge is 0.497 e. The van der Waals surface area contributed by atoms with Gasteiger partial charge in [0.15, 0.2) is 12.4 Å². The van der Waals surface area contributed by atoms with E-state index in [1.165, 1.54) is 0 Å². The van der Waals surface area contributed by atoms with Crippen LogP contribution in [0.25, 0.3) is 16.7 Å². The van der Waals surface area contributed by atoms with Crippen molar-refractivity contribution in [2.45, 2.75) is 47.0 Å². The molecular weight excluding hydrogens is 440 g/mol. The number of nitrogens with one attached hydrogen (secondary N) is 1. The van der Waals surface area contributed by atoms with Crippen molar-refractivity contribution in [1.29, 1.82) is 0 Å². The fourth-order valence-electron chi connectivity index (χ4n) is 4.09. The highest BCUT2D eigenvalue weighted by molar-refractivity contribution is 5.91. The first-order chi connectivity index (χ1) is 16.6. The molecule has 182 valence electrons. The summed E-state index contributed by atoms with van der Waals surface area (Å²) in [7, 11) is 1.63. The van der Waals surface area contributed by atoms with Gasteiger partial charge in [-0.3, -0.25) is 4.79 Å². The first kappa shape index (κ1) is 24.3. The van der Waals surface area contributed by atoms with Crippen molar-refractivity contribution >= 4 is 22.6 Å². The van der Waals surface area contributed by atoms with E-state index >= 15 is 0 Å². The van der Waals surface area contributed by atoms with E-state index in [-0.39, 0.29) is 17.9 Å². The van der Waals surface area contributed by atoms with Crippen LogP contribution in [0.4, 0.5) is 5.82 Å². The molecule has 2 aromatic carbocycles. The molecule has 0 saturated heterocycles. The molecule has 4 aromatic rings. The number of methoxy groups -OCH3 is 1. The van der Waals surface area contributed by atoms with Crippen LogP contribution in [-0.4, -0.2) is 34.4 Å². The Morgan fingerprint density at radius 2 is 1.80 bits per heavy atom. The van der Waals surface area contributed by atoms with Crippen molar-refractivity contribution in [2.75, 3.05) is 19.0 Å². The van der Waals surface area contributed by atoms with Gasteiger partial charge >= 0.3 is 0 Å². The van der Waals surface area contributed by atoms with Crippen molar-refractivity contribution in [3.63, 3.8) is 0 Å². The van der Waals surface area contributed by atoms with E-state index < -0.39 is 0 Å². The second kappa shape index (κ2) is 9.41. The third kappa shape index (κ3) is 5.14. The Labute approximate surface area is 206 Å². The third-order valence-electron chi connectivity index (χ3n) is 5.90. The van der Waals surface area contributed by atoms with Crippen molar-refractivity contribution < 1.29 is 14.3 Å². The summed E-state index contributed by atoms with van der Waals surface area (Å²) < 4.78 is 13.0. The van der Waals surface area contributed by atoms with E-state index in [2.05, 4.69) is 44.2 Å². The fraction of sp³-hybridized carbons (Fsp3) is 0.321. The number of hydrogen-bond donors (Lipinski definition) is 1. The highest BCUT2D eigenvalue weighted by Gasteiger charge is 2.21. The lowest BCUT2D eigenvalue weighted by Crippen LogP contribution is -2.23. The van der Waals surface area contributed by atoms with Crippen LogP contribution < -0.4 is 14.8 Å². The zero-order valence-corrected chi connectivity index (χ0v) is 21.4. The molecule has 0 aliphatic rings. The summed E-state index contributed by atoms with van der Waals surface area (Å²) in [6.45, 7) is 12.1. The van der Waals surface area contributed by atoms with Crippen LogP contribution in [0.5, 0.6) is 11.5 Å². The molecule has 2 heterocycles. The number of hydrogen-bond acceptors (Lipinski definition) is 5. The van der Waals surface area contributed by atoms with Crippen molar-refractivity contribution in [3.05, 3.63) is 70.9 Å². The maximum absolute atomic E-state index is 12.9. The molecular formula is C28H32N4O3. The van der Waals surface area contributed by atoms with Gasteiger partial charge in [0.25, 0.3) is 5.91 Å². The fourth-order valence-corrected chi connectivity index (χ4v) is 4.09. The maximum Gasteiger partial charge on any atom is 0.263 e. The molecule has 0 aliphatic carbocycles. The highest BCUT2D eigenvalue weighted by atomic mass is 16.5. The minimum absolute atomic E-state index is 0.136. The summed E-state index contributed by atoms with van der Waals surface area (Å²) in [5, 5.41) is 8.62. The molecule has 7 heteroatoms. The number of carbonyl (C=O) groups is 1. The lowest BCUT2D eigenvalue weighted by atomic mass is 9.86. The van der Waals surface area contributed by atoms with Gasteiger partial charge in [-0.2, -0.15) is 9.78 Å². The van der Waals surface area contributed by atoms with Crippen LogP contribution in [0, 0.1) is 20.8 Å². The van der Waals surface area contributed by atoms with Crippen molar-refractivity contribution in [2.24, 2.45) is 0 Å². The molecule has 0 bridgehead atoms. The Hall–Kier alpha value is -3.87. The molecule has 0 saturated carbocycles. The molecule has 2 aromatic heterocycles. The number of pyridine rings is 1. The minimum atomic E-state index is -0.282. The molecule has 1 amide bonds. The van der Waals surface area contributed by atoms with E-state index in [1.807, 2.05) is 56.3 Å². The summed E-state index contributed by atoms with van der Waals surface area (Å²) in [5.41, 5.74) is 4.67. The summed E-state index contributed by atoms with van der Waals surface area (Å²) in [5.74, 6) is 2.32. The van der Waals surface area contributed by atoms with Gasteiger partial charge in [-0.1, -0.05) is 39.0 Å². The normalized spacial score (nSPS) is 11.5. The molecule has 0 radical (unpaired) electrons. The first-order valence-corrected chi connectivity index (χ1v) is 11.6. The number of carbonyl (C=O) groups excluding carboxylic acids is 1. The lowest BCUT2D eigenvalue weighted by molar-refractivity contribution is -0.118. The van der Waals surface area contributed by atoms with Crippen LogP contribution >= 0.6 is 0 Å². The van der Waals surface area contributed by atoms with E-state index in [1.54, 1.807) is 11.8 Å². The number of ether oxygens (including phenoxy) is 2. The second-order valence-electron chi connectivity index (χ2n) is 9.80. The van der Waals surface area contributed by atoms with Crippen LogP contribution in [0.15, 0.2) is 48.5 Å². The number of rotatable bonds is 6. The number of benzene rings is 2. The average Bonchev–Trinajstić information content (AvgIpc) is 3.17. The molecule has 0 atom stereocenters. The molecule has 0 fully saturated rings. The number of para-hydroxylation sites is 1. The Morgan fingerprint density at radius 1 is 1.03 bits per heavy atom. The Balaban J connectivity index is 1.57. The van der Waals surface area contributed by atoms with Gasteiger partial charge < -0.3 is 14.8 Å². The van der Waals surface area contributed by atoms with Gasteiger partial charge in [0.2, 0.25) is 0 Å². The summed E-state index contributed by atoms with van der Waals surface area (Å²) in [4.78, 5) is 17.7. The Morgan fingerprint density at radius 3 is 2.51 bits per heavy atom. The molecule has 0 aliphatic heterocycles. The molecule has 0 spiro atoms. The number of nitrogens with zero attached hydrogens (tertiary/aromatic N) is 3. The van der Waals surface area contributed by atoms with Crippen molar-refractivity contribution in [3.8, 4) is 17.3 Å². The van der Waals surface area contributed by atoms with Gasteiger partial charge in [0.1, 0.15) is 17.3 Å². The van der Waals surface area contributed by atoms with Gasteiger partial charge in [0.05, 0.1) is 18.3 Å². The van der Waals surface area contributed by atoms with Crippen LogP contribution in [-0.2, 0) is 10.2 Å². The zero-order valence-electron chi connectivity index (χ0n) is 21.4. The van der Waals surface area contributed by atoms with Crippen LogP contribution in [0.1, 0.15) is 43.2 Å². The molecule has 0 unspecified atom stereocenters. The van der Waals surface area contributed by atoms with Gasteiger partial charge in [-0.05, 0) is 61.6 Å². The topological polar surface area (TPSA) is 78.3 Å². The first-order valence-electron chi connectivity index (χ1n) is 11.6. The number of amides is 1. The lowest BCUT2D eigenvalue weighted by Gasteiger charge is -2.23. The van der Waals surface area contributed by atoms with E-state index in [9.17, 15) is 4.79 Å². The molecule has 4 rings (SSSR count). The van der Waals surface area contributed by atoms with Gasteiger partial charge in [-0.15, -0.1) is 0 Å². The second-order valence-corrected chi connectivity index (χ2v) is 9.80. The number of aryl methyl sites for hydroxylation is 3. The molecule has 35 heavy (non-hydrogen) atoms. The summed E-state index contributed by atoms with van der Waals surface area (Å²) in [6.07, 6.45) is 0. The molecule has 1 N–H and O–H groups in total. The smallest absolute Gasteiger partial charge is 0.263 e. The van der Waals surface area contributed by atoms with Crippen LogP contribution in [0.3, 0.4) is 0 Å². The van der Waals surface area contributed by atoms with E-state index in [0.717, 1.165) is 39.0 Å². The summed E-state index contributed by atoms with van der Waals surface area (Å²) in [6, 6.07) is 15.6. The zero-order chi connectivity index (χ0) is 25.3. The molecule has 7 nitrogen and oxygen atoms in total. The number of anilines is 1. The Bertz CT molecular complexity index is 1400. The average molecular weight is 473 g/mol. The predicted octanol–water partition coefficient (Wildman–Crippen LogP) is 5.67. The maximum atomic E-state index is 12.9. The van der Waals surface area contributed by atoms with Gasteiger partial charge in [0, 0.05) is 17.0 Å². The summed E-state index contributed by atoms with van der Waals surface area (Å²) >= 11 is 0. The predicted molar refractivity (Wildman–Crippen MR) is 139 cm³/mol. The highest BCUT2D eigenvalue weighted by Crippen LogP contribution is 2.34. The third-order valence-corrected chi connectivity index (χ3v) is 5.90. The van der Waals surface area contributed by atoms with Crippen LogP contribution in [0.2, 0.25) is 0 Å². The quantitative estimate of drug-likeness (QED) is 0.391. The number of fused-ring (bicyclic) bond motifs is 1. The van der Waals surface area contributed by atoms with Gasteiger partial charge in [-0.25, -0.2) is 4.98 Å². The minimum Gasteiger partial charge on any atom is -0.497 e. The Kier molecular flexibility index (Phi) is 6.52. The SMILES string of the molecule is COc1ccc(OCC(=O)Nc2cc(C)nn2-c2cc(C)c3cccc(C)c3n2)c(C(C)(C)C)c1. The number of aromatic nitrogens is 3. The van der Waals surface area contributed by atoms with Crippen molar-refractivity contribution in [1.82, 2.24) is 14.8 Å². The standard InChI is InChI=1S/C28H32N4O3/c1-17-9-8-10-21-18(2)13-24(30-27(17)21)32-25(14-19(3)31-32)29-26(33)16-35-23-12-11-20(34-7)15-22(23)28(4,5)6/h8-15H,16H2,1-7H3,(H,29,33).